The van der Waals surface area contributed by atoms with Crippen molar-refractivity contribution in [1.82, 2.24) is 20.2 Å². The Morgan fingerprint density at radius 1 is 1.24 bits per heavy atom. The van der Waals surface area contributed by atoms with Crippen molar-refractivity contribution in [3.05, 3.63) is 77.2 Å². The summed E-state index contributed by atoms with van der Waals surface area (Å²) in [4.78, 5) is 22.8. The Hall–Kier alpha value is -3.92. The number of nitrogens with one attached hydrogen (secondary N) is 4. The number of benzene rings is 1. The molecular weight excluding hydrogens is 440 g/mol. The van der Waals surface area contributed by atoms with Gasteiger partial charge in [0, 0.05) is 60.6 Å². The number of halogens is 2. The van der Waals surface area contributed by atoms with Gasteiger partial charge in [-0.05, 0) is 43.7 Å². The van der Waals surface area contributed by atoms with Gasteiger partial charge in [0.2, 0.25) is 0 Å². The molecule has 0 radical (unpaired) electrons. The molecule has 0 saturated carbocycles. The number of hydrogen-bond donors (Lipinski definition) is 4. The SMILES string of the molecule is Cc1cc(Nc2cnc(NC(=O)N[C@@H]3CCN(Cc4c(F)cccc4F)C3)cc2C=N)ccn1. The molecular formula is C24H25F2N7O. The van der Waals surface area contributed by atoms with Crippen LogP contribution in [0.2, 0.25) is 0 Å². The molecule has 4 rings (SSSR count). The lowest BCUT2D eigenvalue weighted by Gasteiger charge is -2.18. The lowest BCUT2D eigenvalue weighted by molar-refractivity contribution is 0.247. The highest BCUT2D eigenvalue weighted by Crippen LogP contribution is 2.22. The predicted molar refractivity (Wildman–Crippen MR) is 127 cm³/mol. The zero-order chi connectivity index (χ0) is 24.1. The Balaban J connectivity index is 1.33. The number of likely N-dealkylation sites (tertiary alicyclic amines) is 1. The van der Waals surface area contributed by atoms with Crippen molar-refractivity contribution in [2.24, 2.45) is 0 Å². The first-order chi connectivity index (χ1) is 16.4. The molecule has 2 aromatic heterocycles. The zero-order valence-corrected chi connectivity index (χ0v) is 18.6. The van der Waals surface area contributed by atoms with E-state index in [0.29, 0.717) is 36.6 Å². The zero-order valence-electron chi connectivity index (χ0n) is 18.6. The summed E-state index contributed by atoms with van der Waals surface area (Å²) < 4.78 is 27.8. The maximum Gasteiger partial charge on any atom is 0.320 e. The monoisotopic (exact) mass is 465 g/mol. The summed E-state index contributed by atoms with van der Waals surface area (Å²) >= 11 is 0. The average Bonchev–Trinajstić information content (AvgIpc) is 3.24. The van der Waals surface area contributed by atoms with E-state index in [2.05, 4.69) is 25.9 Å². The fourth-order valence-electron chi connectivity index (χ4n) is 3.88. The highest BCUT2D eigenvalue weighted by atomic mass is 19.1. The summed E-state index contributed by atoms with van der Waals surface area (Å²) in [6, 6.07) is 8.52. The molecule has 8 nitrogen and oxygen atoms in total. The fourth-order valence-corrected chi connectivity index (χ4v) is 3.88. The van der Waals surface area contributed by atoms with E-state index in [9.17, 15) is 13.6 Å². The number of carbonyl (C=O) groups excluding carboxylic acids is 1. The third-order valence-corrected chi connectivity index (χ3v) is 5.56. The molecule has 0 bridgehead atoms. The van der Waals surface area contributed by atoms with Gasteiger partial charge in [-0.25, -0.2) is 18.6 Å². The first-order valence-corrected chi connectivity index (χ1v) is 10.8. The lowest BCUT2D eigenvalue weighted by atomic mass is 10.2. The predicted octanol–water partition coefficient (Wildman–Crippen LogP) is 4.20. The number of carbonyl (C=O) groups is 1. The molecule has 0 spiro atoms. The van der Waals surface area contributed by atoms with E-state index in [1.54, 1.807) is 18.5 Å². The largest absolute Gasteiger partial charge is 0.354 e. The van der Waals surface area contributed by atoms with E-state index in [4.69, 9.17) is 5.41 Å². The highest BCUT2D eigenvalue weighted by Gasteiger charge is 2.25. The van der Waals surface area contributed by atoms with Gasteiger partial charge in [-0.3, -0.25) is 15.2 Å². The van der Waals surface area contributed by atoms with Crippen LogP contribution in [-0.2, 0) is 6.54 Å². The summed E-state index contributed by atoms with van der Waals surface area (Å²) in [5, 5.41) is 16.5. The maximum absolute atomic E-state index is 13.9. The van der Waals surface area contributed by atoms with Crippen molar-refractivity contribution in [2.45, 2.75) is 25.9 Å². The number of pyridine rings is 2. The summed E-state index contributed by atoms with van der Waals surface area (Å²) in [6.07, 6.45) is 5.08. The molecule has 1 aromatic carbocycles. The van der Waals surface area contributed by atoms with Crippen LogP contribution >= 0.6 is 0 Å². The van der Waals surface area contributed by atoms with Crippen molar-refractivity contribution in [3.63, 3.8) is 0 Å². The first-order valence-electron chi connectivity index (χ1n) is 10.8. The molecule has 34 heavy (non-hydrogen) atoms. The number of amides is 2. The van der Waals surface area contributed by atoms with Gasteiger partial charge in [0.1, 0.15) is 17.5 Å². The van der Waals surface area contributed by atoms with Crippen LogP contribution in [0.4, 0.5) is 30.8 Å². The van der Waals surface area contributed by atoms with Gasteiger partial charge in [-0.1, -0.05) is 6.07 Å². The molecule has 4 N–H and O–H groups in total. The van der Waals surface area contributed by atoms with E-state index < -0.39 is 17.7 Å². The normalized spacial score (nSPS) is 15.7. The van der Waals surface area contributed by atoms with Crippen LogP contribution in [0.5, 0.6) is 0 Å². The number of aromatic nitrogens is 2. The van der Waals surface area contributed by atoms with Crippen molar-refractivity contribution >= 4 is 29.4 Å². The Kier molecular flexibility index (Phi) is 7.07. The second-order valence-corrected chi connectivity index (χ2v) is 8.13. The van der Waals surface area contributed by atoms with Crippen molar-refractivity contribution < 1.29 is 13.6 Å². The summed E-state index contributed by atoms with van der Waals surface area (Å²) in [5.41, 5.74) is 2.88. The van der Waals surface area contributed by atoms with Crippen molar-refractivity contribution in [1.29, 1.82) is 5.41 Å². The average molecular weight is 466 g/mol. The van der Waals surface area contributed by atoms with E-state index in [0.717, 1.165) is 11.4 Å². The van der Waals surface area contributed by atoms with Crippen LogP contribution < -0.4 is 16.0 Å². The second-order valence-electron chi connectivity index (χ2n) is 8.13. The molecule has 0 unspecified atom stereocenters. The number of rotatable bonds is 7. The minimum absolute atomic E-state index is 0.0339. The standard InChI is InChI=1S/C24H25F2N7O/c1-15-9-17(5-7-28-15)30-22-12-29-23(10-16(22)11-27)32-24(34)31-18-6-8-33(13-18)14-19-20(25)3-2-4-21(19)26/h2-5,7,9-12,18,27H,6,8,13-14H2,1H3,(H,28,30)(H2,29,31,32,34)/t18-/m1/s1. The second kappa shape index (κ2) is 10.3. The Morgan fingerprint density at radius 3 is 2.76 bits per heavy atom. The van der Waals surface area contributed by atoms with Gasteiger partial charge < -0.3 is 16.0 Å². The number of aryl methyl sites for hydroxylation is 1. The van der Waals surface area contributed by atoms with Gasteiger partial charge in [-0.2, -0.15) is 0 Å². The van der Waals surface area contributed by atoms with Crippen LogP contribution in [0.15, 0.2) is 48.8 Å². The molecule has 1 fully saturated rings. The summed E-state index contributed by atoms with van der Waals surface area (Å²) in [7, 11) is 0. The number of nitrogens with zero attached hydrogens (tertiary/aromatic N) is 3. The van der Waals surface area contributed by atoms with Crippen molar-refractivity contribution in [3.8, 4) is 0 Å². The van der Waals surface area contributed by atoms with Crippen LogP contribution in [0.3, 0.4) is 0 Å². The molecule has 2 amide bonds. The summed E-state index contributed by atoms with van der Waals surface area (Å²) in [5.74, 6) is -0.839. The minimum atomic E-state index is -0.570. The fraction of sp³-hybridized carbons (Fsp3) is 0.250. The smallest absolute Gasteiger partial charge is 0.320 e. The molecule has 176 valence electrons. The van der Waals surface area contributed by atoms with Gasteiger partial charge in [0.05, 0.1) is 11.9 Å². The highest BCUT2D eigenvalue weighted by molar-refractivity contribution is 5.92. The Morgan fingerprint density at radius 2 is 2.03 bits per heavy atom. The Bertz CT molecular complexity index is 1180. The quantitative estimate of drug-likeness (QED) is 0.392. The molecule has 0 aliphatic carbocycles. The van der Waals surface area contributed by atoms with Crippen LogP contribution in [-0.4, -0.2) is 46.2 Å². The third-order valence-electron chi connectivity index (χ3n) is 5.56. The van der Waals surface area contributed by atoms with Gasteiger partial charge in [-0.15, -0.1) is 0 Å². The topological polar surface area (TPSA) is 106 Å². The van der Waals surface area contributed by atoms with E-state index >= 15 is 0 Å². The number of urea groups is 1. The van der Waals surface area contributed by atoms with Gasteiger partial charge >= 0.3 is 6.03 Å². The molecule has 10 heteroatoms. The van der Waals surface area contributed by atoms with E-state index in [1.807, 2.05) is 24.0 Å². The minimum Gasteiger partial charge on any atom is -0.354 e. The number of anilines is 3. The van der Waals surface area contributed by atoms with Crippen LogP contribution in [0.1, 0.15) is 23.2 Å². The van der Waals surface area contributed by atoms with E-state index in [1.165, 1.54) is 24.4 Å². The number of hydrogen-bond acceptors (Lipinski definition) is 6. The van der Waals surface area contributed by atoms with Crippen molar-refractivity contribution in [2.75, 3.05) is 23.7 Å². The summed E-state index contributed by atoms with van der Waals surface area (Å²) in [6.45, 7) is 3.13. The van der Waals surface area contributed by atoms with Gasteiger partial charge in [0.25, 0.3) is 0 Å². The van der Waals surface area contributed by atoms with E-state index in [-0.39, 0.29) is 18.2 Å². The lowest BCUT2D eigenvalue weighted by Crippen LogP contribution is -2.39. The third kappa shape index (κ3) is 5.70. The maximum atomic E-state index is 13.9. The van der Waals surface area contributed by atoms with Crippen LogP contribution in [0.25, 0.3) is 0 Å². The molecule has 3 aromatic rings. The first kappa shape index (κ1) is 23.2. The molecule has 1 atom stereocenters. The molecule has 1 aliphatic heterocycles. The van der Waals surface area contributed by atoms with Gasteiger partial charge in [0.15, 0.2) is 0 Å². The molecule has 3 heterocycles. The molecule has 1 saturated heterocycles. The molecule has 1 aliphatic rings. The Labute approximate surface area is 195 Å². The van der Waals surface area contributed by atoms with Crippen LogP contribution in [0, 0.1) is 24.0 Å².